The van der Waals surface area contributed by atoms with Gasteiger partial charge in [0.1, 0.15) is 19.5 Å². The van der Waals surface area contributed by atoms with Gasteiger partial charge in [0.05, 0.1) is 5.69 Å². The van der Waals surface area contributed by atoms with E-state index in [9.17, 15) is 0 Å². The lowest BCUT2D eigenvalue weighted by Crippen LogP contribution is -2.24. The van der Waals surface area contributed by atoms with E-state index < -0.39 is 0 Å². The molecule has 1 aliphatic heterocycles. The van der Waals surface area contributed by atoms with Crippen molar-refractivity contribution in [2.75, 3.05) is 25.5 Å². The van der Waals surface area contributed by atoms with Crippen molar-refractivity contribution in [1.29, 1.82) is 0 Å². The lowest BCUT2D eigenvalue weighted by atomic mass is 10.1. The van der Waals surface area contributed by atoms with Crippen LogP contribution in [0.15, 0.2) is 34.6 Å². The Hall–Kier alpha value is -3.31. The Morgan fingerprint density at radius 3 is 2.71 bits per heavy atom. The molecule has 0 bridgehead atoms. The van der Waals surface area contributed by atoms with Crippen LogP contribution >= 0.6 is 11.8 Å². The molecule has 11 heteroatoms. The van der Waals surface area contributed by atoms with Crippen LogP contribution in [-0.4, -0.2) is 55.5 Å². The zero-order valence-corrected chi connectivity index (χ0v) is 20.3. The van der Waals surface area contributed by atoms with E-state index in [0.717, 1.165) is 57.9 Å². The van der Waals surface area contributed by atoms with Crippen molar-refractivity contribution >= 4 is 28.7 Å². The fourth-order valence-corrected chi connectivity index (χ4v) is 4.91. The Balaban J connectivity index is 1.56. The molecule has 178 valence electrons. The SMILES string of the molecule is Cc1cc(-c2cc3c(cc2Sc2nc4c(N)ncnc4n2CCCNC(C)C)OCCO3)n[nH]1. The summed E-state index contributed by atoms with van der Waals surface area (Å²) in [5.41, 5.74) is 10.2. The molecule has 4 aromatic rings. The number of H-pyrrole nitrogens is 1. The minimum absolute atomic E-state index is 0.372. The minimum atomic E-state index is 0.372. The van der Waals surface area contributed by atoms with Gasteiger partial charge in [-0.25, -0.2) is 15.0 Å². The normalized spacial score (nSPS) is 13.2. The van der Waals surface area contributed by atoms with Crippen molar-refractivity contribution in [1.82, 2.24) is 35.0 Å². The van der Waals surface area contributed by atoms with Crippen LogP contribution in [0.2, 0.25) is 0 Å². The molecular weight excluding hydrogens is 452 g/mol. The Bertz CT molecular complexity index is 1320. The zero-order valence-electron chi connectivity index (χ0n) is 19.5. The van der Waals surface area contributed by atoms with E-state index in [1.54, 1.807) is 0 Å². The van der Waals surface area contributed by atoms with E-state index in [-0.39, 0.29) is 0 Å². The number of hydrogen-bond donors (Lipinski definition) is 3. The van der Waals surface area contributed by atoms with Gasteiger partial charge < -0.3 is 25.1 Å². The number of rotatable bonds is 8. The quantitative estimate of drug-likeness (QED) is 0.325. The van der Waals surface area contributed by atoms with Crippen molar-refractivity contribution in [2.24, 2.45) is 0 Å². The molecule has 0 spiro atoms. The Morgan fingerprint density at radius 1 is 1.18 bits per heavy atom. The molecule has 0 fully saturated rings. The van der Waals surface area contributed by atoms with Crippen LogP contribution in [0.3, 0.4) is 0 Å². The highest BCUT2D eigenvalue weighted by Crippen LogP contribution is 2.44. The number of imidazole rings is 1. The van der Waals surface area contributed by atoms with E-state index in [0.29, 0.717) is 36.3 Å². The topological polar surface area (TPSA) is 129 Å². The monoisotopic (exact) mass is 480 g/mol. The van der Waals surface area contributed by atoms with Crippen LogP contribution in [0.25, 0.3) is 22.4 Å². The van der Waals surface area contributed by atoms with Crippen LogP contribution in [0.5, 0.6) is 11.5 Å². The number of benzene rings is 1. The molecule has 0 aliphatic carbocycles. The van der Waals surface area contributed by atoms with Crippen molar-refractivity contribution in [3.8, 4) is 22.8 Å². The molecule has 1 aliphatic rings. The van der Waals surface area contributed by atoms with Gasteiger partial charge in [-0.05, 0) is 38.1 Å². The van der Waals surface area contributed by atoms with Crippen LogP contribution < -0.4 is 20.5 Å². The second-order valence-corrected chi connectivity index (χ2v) is 9.48. The first-order valence-electron chi connectivity index (χ1n) is 11.3. The number of nitrogen functional groups attached to an aromatic ring is 1. The Labute approximate surface area is 201 Å². The molecule has 5 rings (SSSR count). The molecule has 0 amide bonds. The standard InChI is InChI=1S/C23H28N8O2S/c1-13(2)25-5-4-6-31-22-20(21(24)26-12-27-22)28-23(31)34-19-11-18-17(32-7-8-33-18)10-15(19)16-9-14(3)29-30-16/h9-13,25H,4-8H2,1-3H3,(H,29,30)(H2,24,26,27). The molecule has 0 unspecified atom stereocenters. The third-order valence-electron chi connectivity index (χ3n) is 5.46. The van der Waals surface area contributed by atoms with Crippen LogP contribution in [0.4, 0.5) is 5.82 Å². The zero-order chi connectivity index (χ0) is 23.7. The van der Waals surface area contributed by atoms with Gasteiger partial charge in [-0.2, -0.15) is 5.10 Å². The van der Waals surface area contributed by atoms with E-state index in [2.05, 4.69) is 43.9 Å². The van der Waals surface area contributed by atoms with Gasteiger partial charge in [-0.15, -0.1) is 0 Å². The van der Waals surface area contributed by atoms with Crippen LogP contribution in [-0.2, 0) is 6.54 Å². The maximum atomic E-state index is 6.14. The summed E-state index contributed by atoms with van der Waals surface area (Å²) >= 11 is 1.54. The van der Waals surface area contributed by atoms with Crippen molar-refractivity contribution in [3.05, 3.63) is 30.2 Å². The lowest BCUT2D eigenvalue weighted by Gasteiger charge is -2.20. The highest BCUT2D eigenvalue weighted by atomic mass is 32.2. The summed E-state index contributed by atoms with van der Waals surface area (Å²) in [4.78, 5) is 14.4. The number of aromatic nitrogens is 6. The summed E-state index contributed by atoms with van der Waals surface area (Å²) in [7, 11) is 0. The first-order chi connectivity index (χ1) is 16.5. The molecule has 34 heavy (non-hydrogen) atoms. The van der Waals surface area contributed by atoms with E-state index >= 15 is 0 Å². The van der Waals surface area contributed by atoms with Gasteiger partial charge in [0.25, 0.3) is 0 Å². The third-order valence-corrected chi connectivity index (χ3v) is 6.52. The number of anilines is 1. The average Bonchev–Trinajstić information content (AvgIpc) is 3.40. The molecule has 4 heterocycles. The number of hydrogen-bond acceptors (Lipinski definition) is 9. The maximum absolute atomic E-state index is 6.14. The third kappa shape index (κ3) is 4.53. The van der Waals surface area contributed by atoms with Crippen LogP contribution in [0, 0.1) is 6.92 Å². The fraction of sp³-hybridized carbons (Fsp3) is 0.391. The van der Waals surface area contributed by atoms with Gasteiger partial charge >= 0.3 is 0 Å². The smallest absolute Gasteiger partial charge is 0.175 e. The number of fused-ring (bicyclic) bond motifs is 2. The average molecular weight is 481 g/mol. The molecule has 0 radical (unpaired) electrons. The number of aromatic amines is 1. The molecule has 10 nitrogen and oxygen atoms in total. The highest BCUT2D eigenvalue weighted by molar-refractivity contribution is 7.99. The van der Waals surface area contributed by atoms with Gasteiger partial charge in [0, 0.05) is 28.7 Å². The number of nitrogens with zero attached hydrogens (tertiary/aromatic N) is 5. The number of nitrogens with two attached hydrogens (primary N) is 1. The van der Waals surface area contributed by atoms with Gasteiger partial charge in [-0.3, -0.25) is 5.10 Å². The van der Waals surface area contributed by atoms with E-state index in [4.69, 9.17) is 20.2 Å². The number of aryl methyl sites for hydroxylation is 2. The summed E-state index contributed by atoms with van der Waals surface area (Å²) in [5.74, 6) is 1.80. The summed E-state index contributed by atoms with van der Waals surface area (Å²) in [5, 5.41) is 11.8. The van der Waals surface area contributed by atoms with E-state index in [1.165, 1.54) is 18.1 Å². The minimum Gasteiger partial charge on any atom is -0.486 e. The van der Waals surface area contributed by atoms with Crippen molar-refractivity contribution in [2.45, 2.75) is 49.8 Å². The first-order valence-corrected chi connectivity index (χ1v) is 12.1. The Morgan fingerprint density at radius 2 is 1.97 bits per heavy atom. The molecule has 1 aromatic carbocycles. The van der Waals surface area contributed by atoms with Crippen LogP contribution in [0.1, 0.15) is 26.0 Å². The second-order valence-electron chi connectivity index (χ2n) is 8.47. The van der Waals surface area contributed by atoms with Gasteiger partial charge in [0.15, 0.2) is 33.6 Å². The first kappa shape index (κ1) is 22.5. The molecule has 0 saturated heterocycles. The summed E-state index contributed by atoms with van der Waals surface area (Å²) in [6, 6.07) is 6.43. The Kier molecular flexibility index (Phi) is 6.29. The second kappa shape index (κ2) is 9.51. The molecule has 4 N–H and O–H groups in total. The van der Waals surface area contributed by atoms with Crippen molar-refractivity contribution in [3.63, 3.8) is 0 Å². The fourth-order valence-electron chi connectivity index (χ4n) is 3.85. The number of ether oxygens (including phenoxy) is 2. The summed E-state index contributed by atoms with van der Waals surface area (Å²) < 4.78 is 13.8. The molecule has 0 saturated carbocycles. The predicted octanol–water partition coefficient (Wildman–Crippen LogP) is 3.42. The van der Waals surface area contributed by atoms with Gasteiger partial charge in [0.2, 0.25) is 0 Å². The molecular formula is C23H28N8O2S. The highest BCUT2D eigenvalue weighted by Gasteiger charge is 2.22. The van der Waals surface area contributed by atoms with Crippen molar-refractivity contribution < 1.29 is 9.47 Å². The summed E-state index contributed by atoms with van der Waals surface area (Å²) in [6.07, 6.45) is 2.41. The van der Waals surface area contributed by atoms with E-state index in [1.807, 2.05) is 25.1 Å². The maximum Gasteiger partial charge on any atom is 0.175 e. The molecule has 3 aromatic heterocycles. The number of nitrogens with one attached hydrogen (secondary N) is 2. The largest absolute Gasteiger partial charge is 0.486 e. The van der Waals surface area contributed by atoms with Gasteiger partial charge in [-0.1, -0.05) is 25.6 Å². The predicted molar refractivity (Wildman–Crippen MR) is 131 cm³/mol. The summed E-state index contributed by atoms with van der Waals surface area (Å²) in [6.45, 7) is 8.94. The molecule has 0 atom stereocenters. The lowest BCUT2D eigenvalue weighted by molar-refractivity contribution is 0.171.